The number of carboxylic acids is 1. The maximum absolute atomic E-state index is 11.1. The van der Waals surface area contributed by atoms with Crippen molar-refractivity contribution in [3.63, 3.8) is 0 Å². The van der Waals surface area contributed by atoms with Gasteiger partial charge in [0.05, 0.1) is 0 Å². The van der Waals surface area contributed by atoms with Crippen LogP contribution in [-0.4, -0.2) is 44.4 Å². The Bertz CT molecular complexity index is 420. The number of hydrogen-bond donors (Lipinski definition) is 2. The van der Waals surface area contributed by atoms with Crippen molar-refractivity contribution in [1.29, 1.82) is 0 Å². The Balaban J connectivity index is 2.74. The van der Waals surface area contributed by atoms with Crippen LogP contribution in [0.5, 0.6) is 5.75 Å². The summed E-state index contributed by atoms with van der Waals surface area (Å²) in [5.41, 5.74) is -0.0808. The molecule has 0 saturated carbocycles. The molecule has 2 N–H and O–H groups in total. The van der Waals surface area contributed by atoms with Crippen molar-refractivity contribution in [2.75, 3.05) is 32.6 Å². The van der Waals surface area contributed by atoms with Crippen LogP contribution in [0, 0.1) is 0 Å². The van der Waals surface area contributed by atoms with Gasteiger partial charge in [0.1, 0.15) is 17.9 Å². The Hall–Kier alpha value is -1.75. The van der Waals surface area contributed by atoms with Crippen LogP contribution in [0.1, 0.15) is 6.92 Å². The summed E-state index contributed by atoms with van der Waals surface area (Å²) in [4.78, 5) is 13.1. The lowest BCUT2D eigenvalue weighted by Gasteiger charge is -2.24. The van der Waals surface area contributed by atoms with Gasteiger partial charge in [0.2, 0.25) is 0 Å². The quantitative estimate of drug-likeness (QED) is 0.796. The molecular weight excluding hydrogens is 232 g/mol. The number of nitrogens with one attached hydrogen (secondary N) is 1. The van der Waals surface area contributed by atoms with Crippen LogP contribution in [-0.2, 0) is 4.79 Å². The Labute approximate surface area is 107 Å². The van der Waals surface area contributed by atoms with Crippen molar-refractivity contribution < 1.29 is 14.6 Å². The number of aliphatic carboxylic acids is 1. The molecule has 0 fully saturated rings. The van der Waals surface area contributed by atoms with Crippen molar-refractivity contribution in [2.24, 2.45) is 0 Å². The molecule has 0 spiro atoms. The first kappa shape index (κ1) is 14.3. The Morgan fingerprint density at radius 1 is 1.50 bits per heavy atom. The summed E-state index contributed by atoms with van der Waals surface area (Å²) in [5, 5.41) is 11.9. The summed E-state index contributed by atoms with van der Waals surface area (Å²) in [5.74, 6) is -0.280. The zero-order chi connectivity index (χ0) is 13.8. The lowest BCUT2D eigenvalue weighted by atomic mass is 10.1. The summed E-state index contributed by atoms with van der Waals surface area (Å²) >= 11 is 0. The monoisotopic (exact) mass is 252 g/mol. The summed E-state index contributed by atoms with van der Waals surface area (Å²) in [7, 11) is 5.48. The zero-order valence-corrected chi connectivity index (χ0v) is 11.2. The molecule has 18 heavy (non-hydrogen) atoms. The third kappa shape index (κ3) is 3.37. The fraction of sp³-hybridized carbons (Fsp3) is 0.462. The van der Waals surface area contributed by atoms with Crippen LogP contribution < -0.4 is 15.0 Å². The molecule has 0 saturated heterocycles. The molecule has 0 aliphatic carbocycles. The minimum Gasteiger partial charge on any atom is -0.491 e. The fourth-order valence-corrected chi connectivity index (χ4v) is 1.32. The molecule has 0 amide bonds. The molecular formula is C13H20N2O3. The van der Waals surface area contributed by atoms with Gasteiger partial charge in [-0.1, -0.05) is 6.07 Å². The highest BCUT2D eigenvalue weighted by atomic mass is 16.5. The molecule has 1 atom stereocenters. The third-order valence-electron chi connectivity index (χ3n) is 2.89. The number of ether oxygens (including phenoxy) is 1. The molecule has 1 unspecified atom stereocenters. The largest absolute Gasteiger partial charge is 0.491 e. The normalized spacial score (nSPS) is 13.8. The molecule has 5 nitrogen and oxygen atoms in total. The number of nitrogens with zero attached hydrogens (tertiary/aromatic N) is 1. The number of carbonyl (C=O) groups is 1. The molecule has 5 heteroatoms. The molecule has 1 aromatic rings. The van der Waals surface area contributed by atoms with Crippen LogP contribution in [0.3, 0.4) is 0 Å². The van der Waals surface area contributed by atoms with E-state index in [9.17, 15) is 4.79 Å². The van der Waals surface area contributed by atoms with Gasteiger partial charge in [0, 0.05) is 25.8 Å². The number of carboxylic acid groups (broad SMARTS) is 1. The summed E-state index contributed by atoms with van der Waals surface area (Å²) in [6.07, 6.45) is 0. The predicted molar refractivity (Wildman–Crippen MR) is 71.4 cm³/mol. The molecule has 100 valence electrons. The van der Waals surface area contributed by atoms with Crippen molar-refractivity contribution in [2.45, 2.75) is 12.5 Å². The molecule has 0 aliphatic heterocycles. The van der Waals surface area contributed by atoms with Crippen LogP contribution >= 0.6 is 0 Å². The van der Waals surface area contributed by atoms with E-state index >= 15 is 0 Å². The highest BCUT2D eigenvalue weighted by Crippen LogP contribution is 2.20. The van der Waals surface area contributed by atoms with E-state index in [1.54, 1.807) is 14.0 Å². The zero-order valence-electron chi connectivity index (χ0n) is 11.2. The van der Waals surface area contributed by atoms with E-state index in [1.165, 1.54) is 0 Å². The van der Waals surface area contributed by atoms with Gasteiger partial charge in [-0.15, -0.1) is 0 Å². The molecule has 0 radical (unpaired) electrons. The van der Waals surface area contributed by atoms with E-state index < -0.39 is 11.5 Å². The van der Waals surface area contributed by atoms with E-state index in [0.717, 1.165) is 5.69 Å². The van der Waals surface area contributed by atoms with Crippen molar-refractivity contribution in [1.82, 2.24) is 5.32 Å². The molecule has 1 rings (SSSR count). The second-order valence-electron chi connectivity index (χ2n) is 4.57. The number of benzene rings is 1. The maximum atomic E-state index is 11.1. The highest BCUT2D eigenvalue weighted by Gasteiger charge is 2.32. The van der Waals surface area contributed by atoms with E-state index in [1.807, 2.05) is 43.3 Å². The first-order chi connectivity index (χ1) is 8.39. The highest BCUT2D eigenvalue weighted by molar-refractivity contribution is 5.78. The molecule has 0 bridgehead atoms. The fourth-order valence-electron chi connectivity index (χ4n) is 1.32. The lowest BCUT2D eigenvalue weighted by Crippen LogP contribution is -2.52. The maximum Gasteiger partial charge on any atom is 0.327 e. The SMILES string of the molecule is CNC(C)(COc1cccc(N(C)C)c1)C(=O)O. The Kier molecular flexibility index (Phi) is 4.55. The van der Waals surface area contributed by atoms with E-state index in [4.69, 9.17) is 9.84 Å². The Morgan fingerprint density at radius 3 is 2.67 bits per heavy atom. The van der Waals surface area contributed by atoms with Gasteiger partial charge in [-0.2, -0.15) is 0 Å². The van der Waals surface area contributed by atoms with Gasteiger partial charge in [-0.3, -0.25) is 4.79 Å². The first-order valence-electron chi connectivity index (χ1n) is 5.71. The number of rotatable bonds is 6. The average Bonchev–Trinajstić information content (AvgIpc) is 2.36. The third-order valence-corrected chi connectivity index (χ3v) is 2.89. The topological polar surface area (TPSA) is 61.8 Å². The number of likely N-dealkylation sites (N-methyl/N-ethyl adjacent to an activating group) is 1. The molecule has 0 aromatic heterocycles. The van der Waals surface area contributed by atoms with Gasteiger partial charge >= 0.3 is 5.97 Å². The minimum atomic E-state index is -1.09. The molecule has 0 heterocycles. The van der Waals surface area contributed by atoms with E-state index in [2.05, 4.69) is 5.32 Å². The van der Waals surface area contributed by atoms with Crippen LogP contribution in [0.2, 0.25) is 0 Å². The summed E-state index contributed by atoms with van der Waals surface area (Å²) in [6, 6.07) is 7.52. The predicted octanol–water partition coefficient (Wildman–Crippen LogP) is 1.19. The standard InChI is InChI=1S/C13H20N2O3/c1-13(14-2,12(16)17)9-18-11-7-5-6-10(8-11)15(3)4/h5-8,14H,9H2,1-4H3,(H,16,17). The van der Waals surface area contributed by atoms with Crippen molar-refractivity contribution in [3.05, 3.63) is 24.3 Å². The van der Waals surface area contributed by atoms with Crippen LogP contribution in [0.15, 0.2) is 24.3 Å². The van der Waals surface area contributed by atoms with Crippen LogP contribution in [0.25, 0.3) is 0 Å². The van der Waals surface area contributed by atoms with Crippen molar-refractivity contribution in [3.8, 4) is 5.75 Å². The number of anilines is 1. The van der Waals surface area contributed by atoms with Gasteiger partial charge in [0.15, 0.2) is 0 Å². The van der Waals surface area contributed by atoms with Crippen molar-refractivity contribution >= 4 is 11.7 Å². The lowest BCUT2D eigenvalue weighted by molar-refractivity contribution is -0.145. The second-order valence-corrected chi connectivity index (χ2v) is 4.57. The van der Waals surface area contributed by atoms with Gasteiger partial charge in [0.25, 0.3) is 0 Å². The first-order valence-corrected chi connectivity index (χ1v) is 5.71. The van der Waals surface area contributed by atoms with Gasteiger partial charge < -0.3 is 20.1 Å². The van der Waals surface area contributed by atoms with E-state index in [-0.39, 0.29) is 6.61 Å². The number of hydrogen-bond acceptors (Lipinski definition) is 4. The minimum absolute atomic E-state index is 0.0652. The van der Waals surface area contributed by atoms with Crippen LogP contribution in [0.4, 0.5) is 5.69 Å². The smallest absolute Gasteiger partial charge is 0.327 e. The average molecular weight is 252 g/mol. The Morgan fingerprint density at radius 2 is 2.17 bits per heavy atom. The summed E-state index contributed by atoms with van der Waals surface area (Å²) < 4.78 is 5.54. The van der Waals surface area contributed by atoms with E-state index in [0.29, 0.717) is 5.75 Å². The molecule has 1 aromatic carbocycles. The molecule has 0 aliphatic rings. The second kappa shape index (κ2) is 5.73. The van der Waals surface area contributed by atoms with Gasteiger partial charge in [-0.05, 0) is 26.1 Å². The van der Waals surface area contributed by atoms with Gasteiger partial charge in [-0.25, -0.2) is 0 Å². The summed E-state index contributed by atoms with van der Waals surface area (Å²) in [6.45, 7) is 1.65.